The summed E-state index contributed by atoms with van der Waals surface area (Å²) in [5.74, 6) is -0.269. The van der Waals surface area contributed by atoms with Crippen LogP contribution in [0, 0.1) is 0 Å². The van der Waals surface area contributed by atoms with Crippen molar-refractivity contribution in [3.63, 3.8) is 0 Å². The number of alkyl halides is 2. The van der Waals surface area contributed by atoms with Crippen molar-refractivity contribution in [1.29, 1.82) is 0 Å². The fourth-order valence-corrected chi connectivity index (χ4v) is 7.35. The second kappa shape index (κ2) is 12.2. The number of carbonyl (C=O) groups excluding carboxylic acids is 1. The van der Waals surface area contributed by atoms with Crippen molar-refractivity contribution < 1.29 is 31.0 Å². The normalized spacial score (nSPS) is 19.9. The fourth-order valence-electron chi connectivity index (χ4n) is 5.25. The smallest absolute Gasteiger partial charge is 0.306 e. The zero-order valence-electron chi connectivity index (χ0n) is 22.2. The van der Waals surface area contributed by atoms with E-state index in [9.17, 15) is 26.8 Å². The number of nitrogens with zero attached hydrogens (tertiary/aromatic N) is 3. The summed E-state index contributed by atoms with van der Waals surface area (Å²) in [6, 6.07) is 5.67. The minimum atomic E-state index is -3.85. The number of halogens is 4. The molecule has 0 saturated carbocycles. The quantitative estimate of drug-likeness (QED) is 0.351. The molecular formula is C26H26Cl2F2N4O6S2. The summed E-state index contributed by atoms with van der Waals surface area (Å²) in [7, 11) is -3.85. The standard InChI is InChI=1S/C26H26Cl2F2N4O6S2/c1-42(37,38)40-19-4-2-3-18(28)22(19)26(7-10-39-32-26)20-14-41-24(31-20)15-5-8-33(9-6-15)21(35)13-34-12-16(27)11-17(23(29)30)25(34)36/h2-4,11-12,14-15,23,32H,5-10,13H2,1H3. The number of thiazole rings is 1. The number of pyridine rings is 1. The minimum Gasteiger partial charge on any atom is -0.382 e. The number of carbonyl (C=O) groups is 1. The molecule has 0 bridgehead atoms. The number of piperidine rings is 1. The van der Waals surface area contributed by atoms with E-state index in [2.05, 4.69) is 5.48 Å². The molecule has 0 aliphatic carbocycles. The summed E-state index contributed by atoms with van der Waals surface area (Å²) in [6.07, 6.45) is 0.740. The van der Waals surface area contributed by atoms with Crippen molar-refractivity contribution in [3.8, 4) is 5.75 Å². The zero-order valence-corrected chi connectivity index (χ0v) is 25.3. The van der Waals surface area contributed by atoms with Gasteiger partial charge >= 0.3 is 10.1 Å². The number of hydrogen-bond donors (Lipinski definition) is 1. The molecule has 2 aliphatic rings. The molecule has 2 fully saturated rings. The van der Waals surface area contributed by atoms with Gasteiger partial charge in [-0.3, -0.25) is 9.59 Å². The van der Waals surface area contributed by atoms with Crippen LogP contribution in [-0.4, -0.2) is 54.7 Å². The van der Waals surface area contributed by atoms with Crippen LogP contribution in [0.1, 0.15) is 53.4 Å². The number of amides is 1. The Hall–Kier alpha value is -2.62. The lowest BCUT2D eigenvalue weighted by molar-refractivity contribution is -0.133. The first kappa shape index (κ1) is 30.8. The highest BCUT2D eigenvalue weighted by Crippen LogP contribution is 2.46. The van der Waals surface area contributed by atoms with E-state index in [-0.39, 0.29) is 27.6 Å². The molecule has 0 radical (unpaired) electrons. The van der Waals surface area contributed by atoms with Gasteiger partial charge in [-0.25, -0.2) is 13.8 Å². The van der Waals surface area contributed by atoms with E-state index in [1.54, 1.807) is 17.0 Å². The maximum atomic E-state index is 13.2. The Labute approximate surface area is 254 Å². The predicted molar refractivity (Wildman–Crippen MR) is 153 cm³/mol. The minimum absolute atomic E-state index is 0.0319. The van der Waals surface area contributed by atoms with Crippen LogP contribution in [-0.2, 0) is 31.8 Å². The monoisotopic (exact) mass is 662 g/mol. The number of likely N-dealkylation sites (tertiary alicyclic amines) is 1. The van der Waals surface area contributed by atoms with Crippen LogP contribution in [0.2, 0.25) is 10.0 Å². The Morgan fingerprint density at radius 1 is 1.31 bits per heavy atom. The molecule has 1 unspecified atom stereocenters. The SMILES string of the molecule is CS(=O)(=O)Oc1cccc(Cl)c1C1(c2csc(C3CCN(C(=O)Cn4cc(Cl)cc(C(F)F)c4=O)CC3)n2)CCON1. The molecule has 10 nitrogen and oxygen atoms in total. The van der Waals surface area contributed by atoms with E-state index in [4.69, 9.17) is 37.2 Å². The van der Waals surface area contributed by atoms with Crippen molar-refractivity contribution in [3.05, 3.63) is 78.1 Å². The number of rotatable bonds is 8. The van der Waals surface area contributed by atoms with E-state index in [0.29, 0.717) is 50.2 Å². The molecule has 16 heteroatoms. The Bertz CT molecular complexity index is 1650. The predicted octanol–water partition coefficient (Wildman–Crippen LogP) is 4.46. The second-order valence-corrected chi connectivity index (χ2v) is 13.4. The van der Waals surface area contributed by atoms with Crippen molar-refractivity contribution >= 4 is 50.6 Å². The fraction of sp³-hybridized carbons (Fsp3) is 0.423. The molecule has 1 atom stereocenters. The van der Waals surface area contributed by atoms with Gasteiger partial charge in [-0.1, -0.05) is 29.3 Å². The highest BCUT2D eigenvalue weighted by molar-refractivity contribution is 7.86. The highest BCUT2D eigenvalue weighted by Gasteiger charge is 2.45. The molecule has 1 amide bonds. The van der Waals surface area contributed by atoms with Gasteiger partial charge in [0.1, 0.15) is 17.8 Å². The highest BCUT2D eigenvalue weighted by atomic mass is 35.5. The second-order valence-electron chi connectivity index (χ2n) is 10.1. The number of aromatic nitrogens is 2. The molecule has 2 saturated heterocycles. The van der Waals surface area contributed by atoms with Gasteiger partial charge in [0.15, 0.2) is 0 Å². The molecule has 0 spiro atoms. The summed E-state index contributed by atoms with van der Waals surface area (Å²) >= 11 is 13.9. The Morgan fingerprint density at radius 3 is 2.69 bits per heavy atom. The summed E-state index contributed by atoms with van der Waals surface area (Å²) in [4.78, 5) is 37.3. The number of nitrogens with one attached hydrogen (secondary N) is 1. The first-order valence-electron chi connectivity index (χ1n) is 12.9. The third kappa shape index (κ3) is 6.33. The molecule has 2 aromatic heterocycles. The number of benzene rings is 1. The Balaban J connectivity index is 1.32. The van der Waals surface area contributed by atoms with Crippen molar-refractivity contribution in [2.75, 3.05) is 26.0 Å². The lowest BCUT2D eigenvalue weighted by Crippen LogP contribution is -2.41. The van der Waals surface area contributed by atoms with Crippen LogP contribution >= 0.6 is 34.5 Å². The van der Waals surface area contributed by atoms with Crippen LogP contribution in [0.4, 0.5) is 8.78 Å². The van der Waals surface area contributed by atoms with E-state index in [1.807, 2.05) is 5.38 Å². The van der Waals surface area contributed by atoms with E-state index in [1.165, 1.54) is 23.6 Å². The van der Waals surface area contributed by atoms with Crippen LogP contribution in [0.5, 0.6) is 5.75 Å². The number of hydroxylamine groups is 1. The summed E-state index contributed by atoms with van der Waals surface area (Å²) in [5, 5.41) is 2.93. The van der Waals surface area contributed by atoms with Gasteiger partial charge in [0.05, 0.1) is 34.2 Å². The topological polar surface area (TPSA) is 120 Å². The van der Waals surface area contributed by atoms with Crippen LogP contribution in [0.15, 0.2) is 40.6 Å². The van der Waals surface area contributed by atoms with Crippen LogP contribution < -0.4 is 15.2 Å². The maximum Gasteiger partial charge on any atom is 0.306 e. The van der Waals surface area contributed by atoms with E-state index < -0.39 is 39.7 Å². The Kier molecular flexibility index (Phi) is 8.93. The average molecular weight is 664 g/mol. The molecule has 5 rings (SSSR count). The van der Waals surface area contributed by atoms with Crippen molar-refractivity contribution in [2.45, 2.75) is 43.7 Å². The van der Waals surface area contributed by atoms with Gasteiger partial charge in [-0.2, -0.15) is 13.9 Å². The molecule has 2 aliphatic heterocycles. The lowest BCUT2D eigenvalue weighted by atomic mass is 9.85. The van der Waals surface area contributed by atoms with Gasteiger partial charge in [0.25, 0.3) is 12.0 Å². The van der Waals surface area contributed by atoms with Gasteiger partial charge in [0, 0.05) is 47.6 Å². The molecular weight excluding hydrogens is 637 g/mol. The summed E-state index contributed by atoms with van der Waals surface area (Å²) < 4.78 is 56.5. The molecule has 42 heavy (non-hydrogen) atoms. The van der Waals surface area contributed by atoms with Crippen molar-refractivity contribution in [1.82, 2.24) is 19.9 Å². The first-order chi connectivity index (χ1) is 19.9. The first-order valence-corrected chi connectivity index (χ1v) is 16.3. The molecule has 4 heterocycles. The lowest BCUT2D eigenvalue weighted by Gasteiger charge is -2.31. The van der Waals surface area contributed by atoms with E-state index >= 15 is 0 Å². The number of hydrogen-bond acceptors (Lipinski definition) is 9. The summed E-state index contributed by atoms with van der Waals surface area (Å²) in [6.45, 7) is 0.706. The van der Waals surface area contributed by atoms with Gasteiger partial charge in [0.2, 0.25) is 5.91 Å². The summed E-state index contributed by atoms with van der Waals surface area (Å²) in [5.41, 5.74) is 1.25. The van der Waals surface area contributed by atoms with Gasteiger partial charge in [-0.05, 0) is 31.0 Å². The third-order valence-corrected chi connectivity index (χ3v) is 9.26. The van der Waals surface area contributed by atoms with Crippen LogP contribution in [0.3, 0.4) is 0 Å². The molecule has 1 aromatic carbocycles. The zero-order chi connectivity index (χ0) is 30.2. The van der Waals surface area contributed by atoms with Gasteiger partial charge < -0.3 is 18.5 Å². The third-order valence-electron chi connectivity index (χ3n) is 7.25. The van der Waals surface area contributed by atoms with Gasteiger partial charge in [-0.15, -0.1) is 11.3 Å². The molecule has 3 aromatic rings. The maximum absolute atomic E-state index is 13.2. The van der Waals surface area contributed by atoms with Crippen LogP contribution in [0.25, 0.3) is 0 Å². The van der Waals surface area contributed by atoms with E-state index in [0.717, 1.165) is 21.9 Å². The Morgan fingerprint density at radius 2 is 2.05 bits per heavy atom. The molecule has 226 valence electrons. The molecule has 1 N–H and O–H groups in total. The van der Waals surface area contributed by atoms with Crippen molar-refractivity contribution in [2.24, 2.45) is 0 Å². The largest absolute Gasteiger partial charge is 0.382 e. The average Bonchev–Trinajstić information content (AvgIpc) is 3.61.